The van der Waals surface area contributed by atoms with Crippen molar-refractivity contribution in [3.05, 3.63) is 33.9 Å². The second-order valence-electron chi connectivity index (χ2n) is 3.90. The van der Waals surface area contributed by atoms with Crippen molar-refractivity contribution in [2.45, 2.75) is 12.5 Å². The molecule has 1 aromatic rings. The lowest BCUT2D eigenvalue weighted by atomic mass is 10.1. The summed E-state index contributed by atoms with van der Waals surface area (Å²) in [5, 5.41) is 19.5. The van der Waals surface area contributed by atoms with Gasteiger partial charge in [0.1, 0.15) is 12.7 Å². The highest BCUT2D eigenvalue weighted by molar-refractivity contribution is 5.71. The van der Waals surface area contributed by atoms with Crippen molar-refractivity contribution in [2.75, 3.05) is 13.2 Å². The Bertz CT molecular complexity index is 482. The number of benzene rings is 1. The third-order valence-electron chi connectivity index (χ3n) is 2.40. The fraction of sp³-hybridized carbons (Fsp3) is 0.364. The molecule has 1 atom stereocenters. The van der Waals surface area contributed by atoms with Crippen molar-refractivity contribution in [1.29, 1.82) is 0 Å². The second-order valence-corrected chi connectivity index (χ2v) is 3.90. The fourth-order valence-corrected chi connectivity index (χ4v) is 1.46. The van der Waals surface area contributed by atoms with E-state index >= 15 is 0 Å². The highest BCUT2D eigenvalue weighted by Crippen LogP contribution is 2.29. The molecule has 0 saturated carbocycles. The van der Waals surface area contributed by atoms with Gasteiger partial charge in [-0.3, -0.25) is 14.9 Å². The smallest absolute Gasteiger partial charge is 0.311 e. The molecule has 96 valence electrons. The van der Waals surface area contributed by atoms with E-state index in [9.17, 15) is 14.9 Å². The molecule has 1 aliphatic rings. The molecule has 0 aromatic heterocycles. The lowest BCUT2D eigenvalue weighted by molar-refractivity contribution is -0.385. The predicted molar refractivity (Wildman–Crippen MR) is 59.7 cm³/mol. The van der Waals surface area contributed by atoms with Gasteiger partial charge in [0, 0.05) is 6.07 Å². The fourth-order valence-electron chi connectivity index (χ4n) is 1.46. The van der Waals surface area contributed by atoms with Gasteiger partial charge in [0.15, 0.2) is 5.75 Å². The van der Waals surface area contributed by atoms with E-state index in [1.54, 1.807) is 0 Å². The number of rotatable bonds is 6. The van der Waals surface area contributed by atoms with Crippen LogP contribution in [0.2, 0.25) is 0 Å². The van der Waals surface area contributed by atoms with E-state index in [0.717, 1.165) is 0 Å². The van der Waals surface area contributed by atoms with Gasteiger partial charge in [-0.25, -0.2) is 0 Å². The maximum absolute atomic E-state index is 10.9. The molecule has 1 unspecified atom stereocenters. The molecule has 18 heavy (non-hydrogen) atoms. The van der Waals surface area contributed by atoms with Crippen LogP contribution in [-0.4, -0.2) is 35.3 Å². The molecule has 1 heterocycles. The van der Waals surface area contributed by atoms with E-state index in [0.29, 0.717) is 12.2 Å². The number of hydrogen-bond acceptors (Lipinski definition) is 5. The minimum absolute atomic E-state index is 0.00306. The molecular formula is C11H11NO6. The monoisotopic (exact) mass is 253 g/mol. The molecule has 7 heteroatoms. The summed E-state index contributed by atoms with van der Waals surface area (Å²) in [4.78, 5) is 20.8. The molecule has 1 N–H and O–H groups in total. The van der Waals surface area contributed by atoms with E-state index < -0.39 is 10.9 Å². The first kappa shape index (κ1) is 12.3. The lowest BCUT2D eigenvalue weighted by Crippen LogP contribution is -2.07. The minimum Gasteiger partial charge on any atom is -0.484 e. The number of carboxylic acid groups (broad SMARTS) is 1. The summed E-state index contributed by atoms with van der Waals surface area (Å²) in [5.41, 5.74) is 0.138. The first-order chi connectivity index (χ1) is 8.56. The summed E-state index contributed by atoms with van der Waals surface area (Å²) in [6, 6.07) is 4.14. The quantitative estimate of drug-likeness (QED) is 0.461. The lowest BCUT2D eigenvalue weighted by Gasteiger charge is -2.06. The number of nitro groups is 1. The molecule has 1 fully saturated rings. The Hall–Kier alpha value is -2.15. The van der Waals surface area contributed by atoms with Gasteiger partial charge in [-0.1, -0.05) is 6.07 Å². The van der Waals surface area contributed by atoms with Crippen molar-refractivity contribution >= 4 is 11.7 Å². The number of carbonyl (C=O) groups is 1. The number of nitro benzene ring substituents is 1. The molecule has 2 rings (SSSR count). The molecule has 0 spiro atoms. The van der Waals surface area contributed by atoms with Crippen molar-refractivity contribution in [1.82, 2.24) is 0 Å². The largest absolute Gasteiger partial charge is 0.484 e. The first-order valence-corrected chi connectivity index (χ1v) is 5.30. The molecule has 7 nitrogen and oxygen atoms in total. The maximum atomic E-state index is 10.9. The van der Waals surface area contributed by atoms with Crippen LogP contribution >= 0.6 is 0 Å². The van der Waals surface area contributed by atoms with E-state index in [1.165, 1.54) is 18.2 Å². The Morgan fingerprint density at radius 3 is 2.89 bits per heavy atom. The zero-order chi connectivity index (χ0) is 13.1. The van der Waals surface area contributed by atoms with Gasteiger partial charge in [0.05, 0.1) is 18.0 Å². The average molecular weight is 253 g/mol. The highest BCUT2D eigenvalue weighted by Gasteiger charge is 2.25. The Morgan fingerprint density at radius 1 is 1.61 bits per heavy atom. The second kappa shape index (κ2) is 5.01. The third-order valence-corrected chi connectivity index (χ3v) is 2.40. The Labute approximate surface area is 102 Å². The number of ether oxygens (including phenoxy) is 2. The summed E-state index contributed by atoms with van der Waals surface area (Å²) in [5.74, 6) is -0.908. The van der Waals surface area contributed by atoms with Crippen LogP contribution in [0.25, 0.3) is 0 Å². The molecule has 0 radical (unpaired) electrons. The third kappa shape index (κ3) is 3.17. The molecular weight excluding hydrogens is 242 g/mol. The summed E-state index contributed by atoms with van der Waals surface area (Å²) in [7, 11) is 0. The predicted octanol–water partition coefficient (Wildman–Crippen LogP) is 1.000. The summed E-state index contributed by atoms with van der Waals surface area (Å²) < 4.78 is 10.2. The molecule has 1 aromatic carbocycles. The number of nitrogens with zero attached hydrogens (tertiary/aromatic N) is 1. The first-order valence-electron chi connectivity index (χ1n) is 5.30. The summed E-state index contributed by atoms with van der Waals surface area (Å²) in [6.45, 7) is 0.865. The van der Waals surface area contributed by atoms with E-state index in [4.69, 9.17) is 14.6 Å². The number of epoxide rings is 1. The zero-order valence-electron chi connectivity index (χ0n) is 9.37. The molecule has 1 saturated heterocycles. The van der Waals surface area contributed by atoms with Crippen LogP contribution in [-0.2, 0) is 16.0 Å². The Kier molecular flexibility index (Phi) is 3.42. The van der Waals surface area contributed by atoms with Crippen LogP contribution in [0.3, 0.4) is 0 Å². The van der Waals surface area contributed by atoms with E-state index in [-0.39, 0.29) is 30.6 Å². The highest BCUT2D eigenvalue weighted by atomic mass is 16.6. The SMILES string of the molecule is O=C(O)Cc1ccc(OCC2CO2)c([N+](=O)[O-])c1. The van der Waals surface area contributed by atoms with Gasteiger partial charge >= 0.3 is 11.7 Å². The zero-order valence-corrected chi connectivity index (χ0v) is 9.37. The van der Waals surface area contributed by atoms with Crippen molar-refractivity contribution in [2.24, 2.45) is 0 Å². The molecule has 1 aliphatic heterocycles. The normalized spacial score (nSPS) is 17.2. The van der Waals surface area contributed by atoms with Crippen molar-refractivity contribution in [3.63, 3.8) is 0 Å². The average Bonchev–Trinajstić information content (AvgIpc) is 3.10. The number of hydrogen-bond donors (Lipinski definition) is 1. The minimum atomic E-state index is -1.04. The van der Waals surface area contributed by atoms with Gasteiger partial charge in [-0.15, -0.1) is 0 Å². The van der Waals surface area contributed by atoms with Crippen LogP contribution in [0.5, 0.6) is 5.75 Å². The van der Waals surface area contributed by atoms with Crippen molar-refractivity contribution in [3.8, 4) is 5.75 Å². The van der Waals surface area contributed by atoms with Gasteiger partial charge < -0.3 is 14.6 Å². The van der Waals surface area contributed by atoms with Crippen LogP contribution in [0.15, 0.2) is 18.2 Å². The molecule has 0 aliphatic carbocycles. The Morgan fingerprint density at radius 2 is 2.33 bits per heavy atom. The van der Waals surface area contributed by atoms with Crippen LogP contribution in [0.4, 0.5) is 5.69 Å². The molecule has 0 amide bonds. The standard InChI is InChI=1S/C11H11NO6/c13-11(14)4-7-1-2-10(9(3-7)12(15)16)18-6-8-5-17-8/h1-3,8H,4-6H2,(H,13,14). The van der Waals surface area contributed by atoms with E-state index in [1.807, 2.05) is 0 Å². The molecule has 0 bridgehead atoms. The van der Waals surface area contributed by atoms with Gasteiger partial charge in [0.2, 0.25) is 0 Å². The van der Waals surface area contributed by atoms with Crippen LogP contribution in [0, 0.1) is 10.1 Å². The van der Waals surface area contributed by atoms with Gasteiger partial charge in [-0.2, -0.15) is 0 Å². The topological polar surface area (TPSA) is 102 Å². The van der Waals surface area contributed by atoms with Crippen molar-refractivity contribution < 1.29 is 24.3 Å². The summed E-state index contributed by atoms with van der Waals surface area (Å²) in [6.07, 6.45) is -0.254. The van der Waals surface area contributed by atoms with E-state index in [2.05, 4.69) is 0 Å². The number of aliphatic carboxylic acids is 1. The van der Waals surface area contributed by atoms with Gasteiger partial charge in [0.25, 0.3) is 0 Å². The maximum Gasteiger partial charge on any atom is 0.311 e. The van der Waals surface area contributed by atoms with Gasteiger partial charge in [-0.05, 0) is 11.6 Å². The number of carboxylic acids is 1. The van der Waals surface area contributed by atoms with Crippen LogP contribution in [0.1, 0.15) is 5.56 Å². The summed E-state index contributed by atoms with van der Waals surface area (Å²) >= 11 is 0. The van der Waals surface area contributed by atoms with Crippen LogP contribution < -0.4 is 4.74 Å². The Balaban J connectivity index is 2.16.